The number of hydrogen-bond acceptors (Lipinski definition) is 2. The van der Waals surface area contributed by atoms with E-state index in [0.29, 0.717) is 6.42 Å². The van der Waals surface area contributed by atoms with Crippen LogP contribution < -0.4 is 0 Å². The Balaban J connectivity index is 1.99. The second-order valence-corrected chi connectivity index (χ2v) is 5.01. The van der Waals surface area contributed by atoms with E-state index in [1.165, 1.54) is 16.5 Å². The second-order valence-electron chi connectivity index (χ2n) is 5.01. The van der Waals surface area contributed by atoms with Crippen molar-refractivity contribution in [3.8, 4) is 0 Å². The van der Waals surface area contributed by atoms with Crippen molar-refractivity contribution in [3.63, 3.8) is 0 Å². The minimum Gasteiger partial charge on any atom is -0.369 e. The van der Waals surface area contributed by atoms with Gasteiger partial charge in [0.15, 0.2) is 5.78 Å². The van der Waals surface area contributed by atoms with Gasteiger partial charge < -0.3 is 9.88 Å². The molecule has 0 saturated carbocycles. The molecule has 2 aliphatic rings. The average molecular weight is 238 g/mol. The molecule has 0 bridgehead atoms. The summed E-state index contributed by atoms with van der Waals surface area (Å²) in [5, 5.41) is 1.30. The molecule has 18 heavy (non-hydrogen) atoms. The number of nitrogens with one attached hydrogen (secondary N) is 1. The summed E-state index contributed by atoms with van der Waals surface area (Å²) in [7, 11) is 0. The molecule has 4 rings (SSSR count). The van der Waals surface area contributed by atoms with E-state index < -0.39 is 0 Å². The normalized spacial score (nSPS) is 18.6. The molecule has 2 aromatic rings. The predicted molar refractivity (Wildman–Crippen MR) is 71.2 cm³/mol. The smallest absolute Gasteiger partial charge is 0.159 e. The molecule has 1 aromatic heterocycles. The molecular weight excluding hydrogens is 224 g/mol. The van der Waals surface area contributed by atoms with Gasteiger partial charge in [-0.2, -0.15) is 0 Å². The number of aromatic amines is 1. The maximum atomic E-state index is 11.6. The first-order valence-electron chi connectivity index (χ1n) is 6.42. The molecule has 0 spiro atoms. The summed E-state index contributed by atoms with van der Waals surface area (Å²) in [5.41, 5.74) is 4.77. The van der Waals surface area contributed by atoms with E-state index in [9.17, 15) is 4.79 Å². The quantitative estimate of drug-likeness (QED) is 0.764. The Morgan fingerprint density at radius 3 is 2.89 bits per heavy atom. The summed E-state index contributed by atoms with van der Waals surface area (Å²) in [6, 6.07) is 8.38. The molecule has 1 N–H and O–H groups in total. The standard InChI is InChI=1S/C15H14N2O/c18-10-5-7-17-8-6-12-11-3-1-2-4-13(11)16-15(12)14(17)9-10/h1-4,9,16H,5-8H2. The summed E-state index contributed by atoms with van der Waals surface area (Å²) < 4.78 is 0. The number of hydrogen-bond donors (Lipinski definition) is 1. The van der Waals surface area contributed by atoms with Crippen LogP contribution >= 0.6 is 0 Å². The van der Waals surface area contributed by atoms with Crippen LogP contribution in [0.15, 0.2) is 30.3 Å². The molecule has 0 saturated heterocycles. The van der Waals surface area contributed by atoms with Gasteiger partial charge in [-0.25, -0.2) is 0 Å². The van der Waals surface area contributed by atoms with Gasteiger partial charge in [-0.1, -0.05) is 18.2 Å². The number of ketones is 1. The number of fused-ring (bicyclic) bond motifs is 5. The van der Waals surface area contributed by atoms with Crippen molar-refractivity contribution in [1.29, 1.82) is 0 Å². The highest BCUT2D eigenvalue weighted by atomic mass is 16.1. The highest BCUT2D eigenvalue weighted by Crippen LogP contribution is 2.35. The lowest BCUT2D eigenvalue weighted by Crippen LogP contribution is -2.34. The molecule has 3 heterocycles. The van der Waals surface area contributed by atoms with Crippen molar-refractivity contribution in [2.45, 2.75) is 12.8 Å². The van der Waals surface area contributed by atoms with Crippen molar-refractivity contribution < 1.29 is 4.79 Å². The Morgan fingerprint density at radius 1 is 1.11 bits per heavy atom. The summed E-state index contributed by atoms with van der Waals surface area (Å²) in [5.74, 6) is 0.243. The van der Waals surface area contributed by atoms with E-state index in [2.05, 4.69) is 28.1 Å². The molecule has 0 fully saturated rings. The summed E-state index contributed by atoms with van der Waals surface area (Å²) in [6.45, 7) is 1.88. The van der Waals surface area contributed by atoms with Gasteiger partial charge in [0.1, 0.15) is 0 Å². The Bertz CT molecular complexity index is 681. The van der Waals surface area contributed by atoms with Crippen LogP contribution in [0.1, 0.15) is 17.7 Å². The summed E-state index contributed by atoms with van der Waals surface area (Å²) >= 11 is 0. The number of carbonyl (C=O) groups is 1. The van der Waals surface area contributed by atoms with Gasteiger partial charge in [0.2, 0.25) is 0 Å². The number of H-pyrrole nitrogens is 1. The minimum absolute atomic E-state index is 0.243. The number of para-hydroxylation sites is 1. The maximum absolute atomic E-state index is 11.6. The molecule has 3 nitrogen and oxygen atoms in total. The lowest BCUT2D eigenvalue weighted by Gasteiger charge is -2.33. The first kappa shape index (κ1) is 9.95. The van der Waals surface area contributed by atoms with Gasteiger partial charge in [0, 0.05) is 36.5 Å². The zero-order valence-corrected chi connectivity index (χ0v) is 10.1. The van der Waals surface area contributed by atoms with Gasteiger partial charge in [0.25, 0.3) is 0 Å². The van der Waals surface area contributed by atoms with Crippen LogP contribution in [-0.2, 0) is 11.2 Å². The van der Waals surface area contributed by atoms with Crippen molar-refractivity contribution >= 4 is 22.4 Å². The summed E-state index contributed by atoms with van der Waals surface area (Å²) in [6.07, 6.45) is 3.51. The Morgan fingerprint density at radius 2 is 1.94 bits per heavy atom. The van der Waals surface area contributed by atoms with Crippen molar-refractivity contribution in [2.24, 2.45) is 0 Å². The van der Waals surface area contributed by atoms with Crippen molar-refractivity contribution in [3.05, 3.63) is 41.6 Å². The highest BCUT2D eigenvalue weighted by Gasteiger charge is 2.27. The zero-order chi connectivity index (χ0) is 12.1. The topological polar surface area (TPSA) is 36.1 Å². The third kappa shape index (κ3) is 1.27. The van der Waals surface area contributed by atoms with Gasteiger partial charge in [-0.15, -0.1) is 0 Å². The second kappa shape index (κ2) is 3.48. The van der Waals surface area contributed by atoms with Gasteiger partial charge in [-0.3, -0.25) is 4.79 Å². The average Bonchev–Trinajstić information content (AvgIpc) is 2.78. The largest absolute Gasteiger partial charge is 0.369 e. The van der Waals surface area contributed by atoms with Crippen LogP contribution in [0.5, 0.6) is 0 Å². The molecule has 0 radical (unpaired) electrons. The molecule has 3 heteroatoms. The molecule has 0 unspecified atom stereocenters. The van der Waals surface area contributed by atoms with E-state index in [1.54, 1.807) is 6.08 Å². The first-order chi connectivity index (χ1) is 8.83. The Kier molecular flexibility index (Phi) is 1.92. The number of nitrogens with zero attached hydrogens (tertiary/aromatic N) is 1. The fourth-order valence-corrected chi connectivity index (χ4v) is 3.07. The molecule has 90 valence electrons. The van der Waals surface area contributed by atoms with E-state index in [-0.39, 0.29) is 5.78 Å². The van der Waals surface area contributed by atoms with Crippen LogP contribution in [0, 0.1) is 0 Å². The number of rotatable bonds is 0. The molecule has 2 aliphatic heterocycles. The highest BCUT2D eigenvalue weighted by molar-refractivity contribution is 6.00. The Labute approximate surface area is 105 Å². The molecule has 0 amide bonds. The number of benzene rings is 1. The lowest BCUT2D eigenvalue weighted by molar-refractivity contribution is -0.115. The first-order valence-corrected chi connectivity index (χ1v) is 6.42. The molecular formula is C15H14N2O. The molecule has 0 aliphatic carbocycles. The Hall–Kier alpha value is -2.03. The van der Waals surface area contributed by atoms with E-state index >= 15 is 0 Å². The lowest BCUT2D eigenvalue weighted by atomic mass is 9.97. The zero-order valence-electron chi connectivity index (χ0n) is 10.1. The van der Waals surface area contributed by atoms with Gasteiger partial charge >= 0.3 is 0 Å². The third-order valence-corrected chi connectivity index (χ3v) is 3.97. The van der Waals surface area contributed by atoms with Crippen LogP contribution in [0.2, 0.25) is 0 Å². The number of allylic oxidation sites excluding steroid dienone is 1. The fourth-order valence-electron chi connectivity index (χ4n) is 3.07. The molecule has 1 aromatic carbocycles. The van der Waals surface area contributed by atoms with Crippen molar-refractivity contribution in [1.82, 2.24) is 9.88 Å². The van der Waals surface area contributed by atoms with Crippen LogP contribution in [-0.4, -0.2) is 28.8 Å². The summed E-state index contributed by atoms with van der Waals surface area (Å²) in [4.78, 5) is 17.4. The number of aromatic nitrogens is 1. The van der Waals surface area contributed by atoms with Gasteiger partial charge in [-0.05, 0) is 18.1 Å². The van der Waals surface area contributed by atoms with Crippen LogP contribution in [0.3, 0.4) is 0 Å². The predicted octanol–water partition coefficient (Wildman–Crippen LogP) is 2.34. The monoisotopic (exact) mass is 238 g/mol. The third-order valence-electron chi connectivity index (χ3n) is 3.97. The van der Waals surface area contributed by atoms with Crippen LogP contribution in [0.25, 0.3) is 16.6 Å². The SMILES string of the molecule is O=C1C=C2c3[nH]c4ccccc4c3CCN2CC1. The van der Waals surface area contributed by atoms with E-state index in [4.69, 9.17) is 0 Å². The van der Waals surface area contributed by atoms with Crippen LogP contribution in [0.4, 0.5) is 0 Å². The van der Waals surface area contributed by atoms with E-state index in [1.807, 2.05) is 6.07 Å². The van der Waals surface area contributed by atoms with Crippen molar-refractivity contribution in [2.75, 3.05) is 13.1 Å². The fraction of sp³-hybridized carbons (Fsp3) is 0.267. The van der Waals surface area contributed by atoms with Gasteiger partial charge in [0.05, 0.1) is 11.4 Å². The molecule has 0 atom stereocenters. The number of carbonyl (C=O) groups excluding carboxylic acids is 1. The minimum atomic E-state index is 0.243. The van der Waals surface area contributed by atoms with E-state index in [0.717, 1.165) is 30.9 Å². The maximum Gasteiger partial charge on any atom is 0.159 e.